The summed E-state index contributed by atoms with van der Waals surface area (Å²) in [5.74, 6) is 0.846. The lowest BCUT2D eigenvalue weighted by Crippen LogP contribution is -2.13. The van der Waals surface area contributed by atoms with Gasteiger partial charge in [-0.25, -0.2) is 4.98 Å². The summed E-state index contributed by atoms with van der Waals surface area (Å²) in [6, 6.07) is 67.4. The molecule has 0 aliphatic carbocycles. The third-order valence-electron chi connectivity index (χ3n) is 10.7. The fourth-order valence-electron chi connectivity index (χ4n) is 8.33. The van der Waals surface area contributed by atoms with Crippen LogP contribution in [0.2, 0.25) is 0 Å². The Balaban J connectivity index is 1.23. The Bertz CT molecular complexity index is 3000. The second-order valence-electron chi connectivity index (χ2n) is 13.8. The Hall–Kier alpha value is -7.30. The standard InChI is InChI=1S/C50H32N4/c1-3-14-33(15-4-1)37-30-38(34-16-5-2-6-17-34)32-39(31-37)53-43-22-10-7-19-40(43)47-41-20-8-11-23-44(41)54(45-24-12-9-21-42(45)50(47)53)46-28-27-36-26-25-35-18-13-29-51-48(35)49(36)52-46/h1-32H. The minimum Gasteiger partial charge on any atom is -0.308 e. The van der Waals surface area contributed by atoms with Crippen LogP contribution in [0.25, 0.3) is 83.0 Å². The van der Waals surface area contributed by atoms with Crippen molar-refractivity contribution in [3.63, 3.8) is 0 Å². The normalized spacial score (nSPS) is 12.0. The van der Waals surface area contributed by atoms with E-state index in [1.54, 1.807) is 0 Å². The molecule has 0 saturated carbocycles. The number of fused-ring (bicyclic) bond motifs is 10. The number of nitrogens with zero attached hydrogens (tertiary/aromatic N) is 4. The van der Waals surface area contributed by atoms with E-state index in [0.29, 0.717) is 0 Å². The first kappa shape index (κ1) is 30.3. The molecule has 0 radical (unpaired) electrons. The molecule has 4 heteroatoms. The Morgan fingerprint density at radius 1 is 0.426 bits per heavy atom. The first-order valence-electron chi connectivity index (χ1n) is 18.3. The number of hydrogen-bond acceptors (Lipinski definition) is 3. The predicted molar refractivity (Wildman–Crippen MR) is 224 cm³/mol. The van der Waals surface area contributed by atoms with Gasteiger partial charge >= 0.3 is 0 Å². The fraction of sp³-hybridized carbons (Fsp3) is 0. The van der Waals surface area contributed by atoms with E-state index in [9.17, 15) is 0 Å². The summed E-state index contributed by atoms with van der Waals surface area (Å²) in [7, 11) is 0. The molecule has 0 saturated heterocycles. The van der Waals surface area contributed by atoms with Crippen molar-refractivity contribution in [3.8, 4) is 50.3 Å². The highest BCUT2D eigenvalue weighted by Gasteiger charge is 2.32. The van der Waals surface area contributed by atoms with Crippen LogP contribution in [0.5, 0.6) is 0 Å². The van der Waals surface area contributed by atoms with Crippen LogP contribution in [0.15, 0.2) is 194 Å². The minimum absolute atomic E-state index is 0.846. The van der Waals surface area contributed by atoms with Crippen LogP contribution >= 0.6 is 0 Å². The van der Waals surface area contributed by atoms with Gasteiger partial charge in [0.2, 0.25) is 0 Å². The second-order valence-corrected chi connectivity index (χ2v) is 13.8. The topological polar surface area (TPSA) is 34.0 Å². The molecule has 0 spiro atoms. The predicted octanol–water partition coefficient (Wildman–Crippen LogP) is 13.2. The van der Waals surface area contributed by atoms with Gasteiger partial charge in [-0.2, -0.15) is 0 Å². The van der Waals surface area contributed by atoms with E-state index in [2.05, 4.69) is 191 Å². The molecule has 252 valence electrons. The molecule has 0 unspecified atom stereocenters. The smallest absolute Gasteiger partial charge is 0.138 e. The van der Waals surface area contributed by atoms with Crippen LogP contribution in [0.4, 0.5) is 17.2 Å². The first-order valence-corrected chi connectivity index (χ1v) is 18.3. The molecule has 4 nitrogen and oxygen atoms in total. The molecule has 1 aliphatic heterocycles. The molecule has 54 heavy (non-hydrogen) atoms. The first-order chi connectivity index (χ1) is 26.8. The van der Waals surface area contributed by atoms with Crippen LogP contribution in [-0.4, -0.2) is 14.5 Å². The highest BCUT2D eigenvalue weighted by molar-refractivity contribution is 6.13. The summed E-state index contributed by atoms with van der Waals surface area (Å²) < 4.78 is 2.48. The van der Waals surface area contributed by atoms with Crippen LogP contribution < -0.4 is 4.90 Å². The molecule has 7 aromatic carbocycles. The van der Waals surface area contributed by atoms with E-state index in [0.717, 1.165) is 67.0 Å². The zero-order valence-electron chi connectivity index (χ0n) is 29.3. The Morgan fingerprint density at radius 3 is 1.76 bits per heavy atom. The van der Waals surface area contributed by atoms with Gasteiger partial charge in [-0.3, -0.25) is 9.88 Å². The summed E-state index contributed by atoms with van der Waals surface area (Å²) in [5, 5.41) is 3.34. The van der Waals surface area contributed by atoms with Crippen molar-refractivity contribution in [2.75, 3.05) is 4.90 Å². The number of para-hydroxylation sites is 3. The van der Waals surface area contributed by atoms with Gasteiger partial charge in [0, 0.05) is 44.7 Å². The highest BCUT2D eigenvalue weighted by atomic mass is 15.2. The molecule has 4 heterocycles. The molecule has 0 atom stereocenters. The number of aromatic nitrogens is 3. The summed E-state index contributed by atoms with van der Waals surface area (Å²) in [5.41, 5.74) is 15.5. The van der Waals surface area contributed by atoms with Gasteiger partial charge in [0.1, 0.15) is 5.82 Å². The number of pyridine rings is 2. The van der Waals surface area contributed by atoms with Crippen LogP contribution in [0, 0.1) is 0 Å². The molecule has 0 amide bonds. The van der Waals surface area contributed by atoms with Gasteiger partial charge in [0.15, 0.2) is 0 Å². The van der Waals surface area contributed by atoms with Crippen molar-refractivity contribution in [3.05, 3.63) is 194 Å². The van der Waals surface area contributed by atoms with Gasteiger partial charge < -0.3 is 4.57 Å². The minimum atomic E-state index is 0.846. The Morgan fingerprint density at radius 2 is 1.02 bits per heavy atom. The fourth-order valence-corrected chi connectivity index (χ4v) is 8.33. The van der Waals surface area contributed by atoms with E-state index in [1.807, 2.05) is 12.3 Å². The number of benzene rings is 7. The molecule has 11 rings (SSSR count). The van der Waals surface area contributed by atoms with Gasteiger partial charge in [-0.15, -0.1) is 0 Å². The van der Waals surface area contributed by atoms with Crippen molar-refractivity contribution < 1.29 is 0 Å². The lowest BCUT2D eigenvalue weighted by molar-refractivity contribution is 1.13. The van der Waals surface area contributed by atoms with E-state index in [4.69, 9.17) is 9.97 Å². The summed E-state index contributed by atoms with van der Waals surface area (Å²) in [6.07, 6.45) is 1.85. The van der Waals surface area contributed by atoms with Crippen LogP contribution in [0.3, 0.4) is 0 Å². The third-order valence-corrected chi connectivity index (χ3v) is 10.7. The molecule has 3 aromatic heterocycles. The number of anilines is 3. The average molecular weight is 689 g/mol. The number of hydrogen-bond donors (Lipinski definition) is 0. The maximum absolute atomic E-state index is 5.40. The maximum Gasteiger partial charge on any atom is 0.138 e. The van der Waals surface area contributed by atoms with Crippen LogP contribution in [0.1, 0.15) is 0 Å². The molecular weight excluding hydrogens is 657 g/mol. The number of rotatable bonds is 4. The molecule has 0 fully saturated rings. The summed E-state index contributed by atoms with van der Waals surface area (Å²) in [6.45, 7) is 0. The molecular formula is C50H32N4. The van der Waals surface area contributed by atoms with E-state index < -0.39 is 0 Å². The van der Waals surface area contributed by atoms with E-state index in [-0.39, 0.29) is 0 Å². The van der Waals surface area contributed by atoms with Gasteiger partial charge in [0.25, 0.3) is 0 Å². The maximum atomic E-state index is 5.40. The average Bonchev–Trinajstić information content (AvgIpc) is 3.53. The van der Waals surface area contributed by atoms with E-state index in [1.165, 1.54) is 33.2 Å². The third kappa shape index (κ3) is 4.70. The zero-order valence-corrected chi connectivity index (χ0v) is 29.3. The molecule has 1 aliphatic rings. The van der Waals surface area contributed by atoms with Crippen LogP contribution in [-0.2, 0) is 0 Å². The monoisotopic (exact) mass is 688 g/mol. The van der Waals surface area contributed by atoms with E-state index >= 15 is 0 Å². The quantitative estimate of drug-likeness (QED) is 0.173. The van der Waals surface area contributed by atoms with Crippen molar-refractivity contribution in [1.29, 1.82) is 0 Å². The second kappa shape index (κ2) is 12.1. The zero-order chi connectivity index (χ0) is 35.6. The van der Waals surface area contributed by atoms with Crippen molar-refractivity contribution in [2.45, 2.75) is 0 Å². The summed E-state index contributed by atoms with van der Waals surface area (Å²) in [4.78, 5) is 12.5. The summed E-state index contributed by atoms with van der Waals surface area (Å²) >= 11 is 0. The SMILES string of the molecule is c1ccc(-c2cc(-c3ccccc3)cc(-n3c4c(c5ccccc53)-c3ccccc3N(c3ccc5ccc6cccnc6c5n3)c3ccccc3-4)c2)cc1. The van der Waals surface area contributed by atoms with Crippen molar-refractivity contribution >= 4 is 49.9 Å². The Labute approximate surface area is 312 Å². The van der Waals surface area contributed by atoms with Crippen molar-refractivity contribution in [1.82, 2.24) is 14.5 Å². The molecule has 10 aromatic rings. The highest BCUT2D eigenvalue weighted by Crippen LogP contribution is 2.54. The molecule has 0 bridgehead atoms. The van der Waals surface area contributed by atoms with Gasteiger partial charge in [-0.05, 0) is 76.9 Å². The lowest BCUT2D eigenvalue weighted by atomic mass is 9.97. The van der Waals surface area contributed by atoms with Gasteiger partial charge in [-0.1, -0.05) is 133 Å². The lowest BCUT2D eigenvalue weighted by Gasteiger charge is -2.27. The van der Waals surface area contributed by atoms with Crippen molar-refractivity contribution in [2.24, 2.45) is 0 Å². The largest absolute Gasteiger partial charge is 0.308 e. The van der Waals surface area contributed by atoms with Gasteiger partial charge in [0.05, 0.1) is 33.6 Å². The molecule has 0 N–H and O–H groups in total. The Kier molecular flexibility index (Phi) is 6.82.